The second kappa shape index (κ2) is 9.92. The number of nitrogens with one attached hydrogen (secondary N) is 1. The first kappa shape index (κ1) is 19.9. The van der Waals surface area contributed by atoms with Crippen molar-refractivity contribution in [1.82, 2.24) is 5.43 Å². The molecular formula is C21H16BrClN2O3. The molecule has 3 aromatic rings. The molecule has 0 fully saturated rings. The van der Waals surface area contributed by atoms with E-state index in [0.29, 0.717) is 21.0 Å². The molecule has 0 saturated heterocycles. The number of nitrogens with zero attached hydrogens (tertiary/aromatic N) is 1. The Bertz CT molecular complexity index is 980. The second-order valence-electron chi connectivity index (χ2n) is 5.64. The first-order chi connectivity index (χ1) is 13.6. The van der Waals surface area contributed by atoms with Crippen molar-refractivity contribution in [2.24, 2.45) is 5.10 Å². The molecule has 3 rings (SSSR count). The van der Waals surface area contributed by atoms with Crippen molar-refractivity contribution in [1.29, 1.82) is 0 Å². The number of amides is 1. The van der Waals surface area contributed by atoms with E-state index in [-0.39, 0.29) is 12.5 Å². The van der Waals surface area contributed by atoms with E-state index in [4.69, 9.17) is 21.1 Å². The zero-order valence-electron chi connectivity index (χ0n) is 14.6. The summed E-state index contributed by atoms with van der Waals surface area (Å²) >= 11 is 9.20. The van der Waals surface area contributed by atoms with E-state index in [2.05, 4.69) is 26.5 Å². The topological polar surface area (TPSA) is 59.9 Å². The highest BCUT2D eigenvalue weighted by Gasteiger charge is 2.05. The first-order valence-corrected chi connectivity index (χ1v) is 9.50. The molecule has 0 spiro atoms. The molecule has 0 aliphatic rings. The lowest BCUT2D eigenvalue weighted by Crippen LogP contribution is -2.24. The van der Waals surface area contributed by atoms with Crippen molar-refractivity contribution in [3.63, 3.8) is 0 Å². The molecule has 0 radical (unpaired) electrons. The molecule has 5 nitrogen and oxygen atoms in total. The maximum Gasteiger partial charge on any atom is 0.277 e. The van der Waals surface area contributed by atoms with Gasteiger partial charge < -0.3 is 9.47 Å². The van der Waals surface area contributed by atoms with Crippen LogP contribution in [0.15, 0.2) is 82.4 Å². The fraction of sp³-hybridized carbons (Fsp3) is 0.0476. The number of para-hydroxylation sites is 1. The van der Waals surface area contributed by atoms with Crippen LogP contribution in [-0.4, -0.2) is 18.7 Å². The summed E-state index contributed by atoms with van der Waals surface area (Å²) in [6.07, 6.45) is 1.54. The Morgan fingerprint density at radius 2 is 1.82 bits per heavy atom. The van der Waals surface area contributed by atoms with Crippen LogP contribution in [0.4, 0.5) is 0 Å². The highest BCUT2D eigenvalue weighted by atomic mass is 79.9. The minimum Gasteiger partial charge on any atom is -0.483 e. The van der Waals surface area contributed by atoms with Gasteiger partial charge in [-0.3, -0.25) is 4.79 Å². The van der Waals surface area contributed by atoms with Gasteiger partial charge in [-0.2, -0.15) is 5.10 Å². The Morgan fingerprint density at radius 1 is 1.04 bits per heavy atom. The summed E-state index contributed by atoms with van der Waals surface area (Å²) in [6, 6.07) is 21.9. The van der Waals surface area contributed by atoms with Crippen LogP contribution in [-0.2, 0) is 4.79 Å². The van der Waals surface area contributed by atoms with Gasteiger partial charge in [-0.25, -0.2) is 5.43 Å². The van der Waals surface area contributed by atoms with Crippen molar-refractivity contribution < 1.29 is 14.3 Å². The molecular weight excluding hydrogens is 444 g/mol. The summed E-state index contributed by atoms with van der Waals surface area (Å²) in [7, 11) is 0. The second-order valence-corrected chi connectivity index (χ2v) is 6.93. The summed E-state index contributed by atoms with van der Waals surface area (Å²) in [5.41, 5.74) is 3.21. The van der Waals surface area contributed by atoms with Gasteiger partial charge >= 0.3 is 0 Å². The molecule has 0 bridgehead atoms. The number of carbonyl (C=O) groups excluding carboxylic acids is 1. The van der Waals surface area contributed by atoms with E-state index in [9.17, 15) is 4.79 Å². The Labute approximate surface area is 176 Å². The summed E-state index contributed by atoms with van der Waals surface area (Å²) in [5, 5.41) is 4.52. The third-order valence-electron chi connectivity index (χ3n) is 3.49. The van der Waals surface area contributed by atoms with Gasteiger partial charge in [0, 0.05) is 5.02 Å². The fourth-order valence-electron chi connectivity index (χ4n) is 2.23. The number of benzene rings is 3. The van der Waals surface area contributed by atoms with Gasteiger partial charge in [0.1, 0.15) is 17.2 Å². The molecule has 0 saturated carbocycles. The minimum absolute atomic E-state index is 0.172. The van der Waals surface area contributed by atoms with Crippen LogP contribution in [0.3, 0.4) is 0 Å². The Balaban J connectivity index is 1.51. The van der Waals surface area contributed by atoms with Gasteiger partial charge in [-0.1, -0.05) is 41.9 Å². The molecule has 0 aromatic heterocycles. The van der Waals surface area contributed by atoms with E-state index in [1.54, 1.807) is 18.2 Å². The molecule has 7 heteroatoms. The lowest BCUT2D eigenvalue weighted by atomic mass is 10.2. The summed E-state index contributed by atoms with van der Waals surface area (Å²) in [5.74, 6) is 1.57. The third-order valence-corrected chi connectivity index (χ3v) is 4.35. The number of ether oxygens (including phenoxy) is 2. The van der Waals surface area contributed by atoms with E-state index in [0.717, 1.165) is 11.3 Å². The van der Waals surface area contributed by atoms with E-state index in [1.807, 2.05) is 54.6 Å². The average Bonchev–Trinajstić information content (AvgIpc) is 2.68. The minimum atomic E-state index is -0.380. The fourth-order valence-corrected chi connectivity index (χ4v) is 3.03. The molecule has 0 aliphatic carbocycles. The smallest absolute Gasteiger partial charge is 0.277 e. The molecule has 0 heterocycles. The zero-order chi connectivity index (χ0) is 19.8. The van der Waals surface area contributed by atoms with Crippen LogP contribution in [0, 0.1) is 0 Å². The van der Waals surface area contributed by atoms with Crippen LogP contribution >= 0.6 is 27.5 Å². The number of hydrogen-bond acceptors (Lipinski definition) is 4. The van der Waals surface area contributed by atoms with Crippen molar-refractivity contribution in [3.8, 4) is 17.2 Å². The van der Waals surface area contributed by atoms with Gasteiger partial charge in [-0.15, -0.1) is 0 Å². The molecule has 0 aliphatic heterocycles. The summed E-state index contributed by atoms with van der Waals surface area (Å²) in [6.45, 7) is -0.172. The number of halogens is 2. The molecule has 1 amide bonds. The van der Waals surface area contributed by atoms with Crippen molar-refractivity contribution in [2.45, 2.75) is 0 Å². The number of hydrazone groups is 1. The van der Waals surface area contributed by atoms with Crippen LogP contribution < -0.4 is 14.9 Å². The first-order valence-electron chi connectivity index (χ1n) is 8.33. The molecule has 142 valence electrons. The monoisotopic (exact) mass is 458 g/mol. The predicted octanol–water partition coefficient (Wildman–Crippen LogP) is 5.42. The lowest BCUT2D eigenvalue weighted by Gasteiger charge is -2.07. The zero-order valence-corrected chi connectivity index (χ0v) is 17.0. The molecule has 28 heavy (non-hydrogen) atoms. The van der Waals surface area contributed by atoms with Crippen molar-refractivity contribution in [3.05, 3.63) is 87.9 Å². The number of rotatable bonds is 7. The molecule has 0 atom stereocenters. The highest BCUT2D eigenvalue weighted by Crippen LogP contribution is 2.27. The van der Waals surface area contributed by atoms with Crippen LogP contribution in [0.2, 0.25) is 5.02 Å². The molecule has 1 N–H and O–H groups in total. The predicted molar refractivity (Wildman–Crippen MR) is 113 cm³/mol. The van der Waals surface area contributed by atoms with E-state index >= 15 is 0 Å². The SMILES string of the molecule is O=C(COc1ccc(Cl)cc1Br)N/N=C/c1cccc(Oc2ccccc2)c1. The largest absolute Gasteiger partial charge is 0.483 e. The van der Waals surface area contributed by atoms with Crippen LogP contribution in [0.25, 0.3) is 0 Å². The van der Waals surface area contributed by atoms with Crippen molar-refractivity contribution in [2.75, 3.05) is 6.61 Å². The quantitative estimate of drug-likeness (QED) is 0.379. The van der Waals surface area contributed by atoms with Gasteiger partial charge in [0.25, 0.3) is 5.91 Å². The van der Waals surface area contributed by atoms with Gasteiger partial charge in [0.2, 0.25) is 0 Å². The normalized spacial score (nSPS) is 10.6. The van der Waals surface area contributed by atoms with Gasteiger partial charge in [0.15, 0.2) is 6.61 Å². The van der Waals surface area contributed by atoms with E-state index in [1.165, 1.54) is 6.21 Å². The number of hydrogen-bond donors (Lipinski definition) is 1. The lowest BCUT2D eigenvalue weighted by molar-refractivity contribution is -0.123. The van der Waals surface area contributed by atoms with Gasteiger partial charge in [0.05, 0.1) is 10.7 Å². The third kappa shape index (κ3) is 6.11. The highest BCUT2D eigenvalue weighted by molar-refractivity contribution is 9.10. The Hall–Kier alpha value is -2.83. The Kier molecular flexibility index (Phi) is 7.06. The van der Waals surface area contributed by atoms with Crippen molar-refractivity contribution >= 4 is 39.7 Å². The average molecular weight is 460 g/mol. The molecule has 0 unspecified atom stereocenters. The van der Waals surface area contributed by atoms with Gasteiger partial charge in [-0.05, 0) is 64.0 Å². The maximum atomic E-state index is 11.9. The van der Waals surface area contributed by atoms with E-state index < -0.39 is 0 Å². The number of carbonyl (C=O) groups is 1. The maximum absolute atomic E-state index is 11.9. The summed E-state index contributed by atoms with van der Waals surface area (Å²) < 4.78 is 11.9. The van der Waals surface area contributed by atoms with Crippen LogP contribution in [0.1, 0.15) is 5.56 Å². The molecule has 3 aromatic carbocycles. The standard InChI is InChI=1S/C21H16BrClN2O3/c22-19-12-16(23)9-10-20(19)27-14-21(26)25-24-13-15-5-4-8-18(11-15)28-17-6-2-1-3-7-17/h1-13H,14H2,(H,25,26)/b24-13+. The van der Waals surface area contributed by atoms with Crippen LogP contribution in [0.5, 0.6) is 17.2 Å². The summed E-state index contributed by atoms with van der Waals surface area (Å²) in [4.78, 5) is 11.9. The Morgan fingerprint density at radius 3 is 2.61 bits per heavy atom.